The summed E-state index contributed by atoms with van der Waals surface area (Å²) in [4.78, 5) is 10.7. The molecule has 0 aromatic heterocycles. The molecule has 0 bridgehead atoms. The van der Waals surface area contributed by atoms with E-state index in [0.717, 1.165) is 5.69 Å². The standard InChI is InChI=1S/C10H14ClN3O/c11-7-2-1-3-8(4-7)14-9(6-12)5-10(13)15/h1-4,9,14H,5-6,12H2,(H2,13,15). The number of carbonyl (C=O) groups excluding carboxylic acids is 1. The van der Waals surface area contributed by atoms with Gasteiger partial charge in [0.2, 0.25) is 5.91 Å². The van der Waals surface area contributed by atoms with Crippen molar-refractivity contribution in [1.29, 1.82) is 0 Å². The van der Waals surface area contributed by atoms with Crippen LogP contribution in [0.1, 0.15) is 6.42 Å². The lowest BCUT2D eigenvalue weighted by Gasteiger charge is -2.16. The highest BCUT2D eigenvalue weighted by atomic mass is 35.5. The van der Waals surface area contributed by atoms with E-state index >= 15 is 0 Å². The van der Waals surface area contributed by atoms with E-state index in [1.807, 2.05) is 12.1 Å². The largest absolute Gasteiger partial charge is 0.380 e. The lowest BCUT2D eigenvalue weighted by Crippen LogP contribution is -2.33. The summed E-state index contributed by atoms with van der Waals surface area (Å²) in [6, 6.07) is 7.07. The molecule has 5 heteroatoms. The minimum absolute atomic E-state index is 0.152. The number of anilines is 1. The van der Waals surface area contributed by atoms with Crippen LogP contribution in [0.5, 0.6) is 0 Å². The molecule has 1 atom stereocenters. The number of hydrogen-bond donors (Lipinski definition) is 3. The predicted octanol–water partition coefficient (Wildman–Crippen LogP) is 0.955. The molecule has 1 amide bonds. The third kappa shape index (κ3) is 4.18. The Kier molecular flexibility index (Phi) is 4.39. The van der Waals surface area contributed by atoms with Gasteiger partial charge in [-0.05, 0) is 18.2 Å². The molecular weight excluding hydrogens is 214 g/mol. The van der Waals surface area contributed by atoms with Gasteiger partial charge in [0.25, 0.3) is 0 Å². The summed E-state index contributed by atoms with van der Waals surface area (Å²) in [6.07, 6.45) is 0.211. The number of nitrogens with one attached hydrogen (secondary N) is 1. The SMILES string of the molecule is NCC(CC(N)=O)Nc1cccc(Cl)c1. The van der Waals surface area contributed by atoms with Gasteiger partial charge in [-0.25, -0.2) is 0 Å². The van der Waals surface area contributed by atoms with Crippen LogP contribution in [-0.4, -0.2) is 18.5 Å². The van der Waals surface area contributed by atoms with Crippen LogP contribution >= 0.6 is 11.6 Å². The van der Waals surface area contributed by atoms with Gasteiger partial charge in [-0.15, -0.1) is 0 Å². The van der Waals surface area contributed by atoms with Crippen molar-refractivity contribution in [2.45, 2.75) is 12.5 Å². The topological polar surface area (TPSA) is 81.1 Å². The highest BCUT2D eigenvalue weighted by Crippen LogP contribution is 2.16. The second-order valence-electron chi connectivity index (χ2n) is 3.26. The summed E-state index contributed by atoms with van der Waals surface area (Å²) < 4.78 is 0. The van der Waals surface area contributed by atoms with Gasteiger partial charge in [0.15, 0.2) is 0 Å². The number of hydrogen-bond acceptors (Lipinski definition) is 3. The number of carbonyl (C=O) groups is 1. The second-order valence-corrected chi connectivity index (χ2v) is 3.69. The van der Waals surface area contributed by atoms with E-state index < -0.39 is 0 Å². The zero-order valence-electron chi connectivity index (χ0n) is 8.24. The van der Waals surface area contributed by atoms with Crippen LogP contribution in [0.4, 0.5) is 5.69 Å². The van der Waals surface area contributed by atoms with Crippen LogP contribution < -0.4 is 16.8 Å². The highest BCUT2D eigenvalue weighted by Gasteiger charge is 2.09. The Balaban J connectivity index is 2.62. The molecule has 1 unspecified atom stereocenters. The van der Waals surface area contributed by atoms with Crippen LogP contribution in [0.15, 0.2) is 24.3 Å². The molecule has 82 valence electrons. The Morgan fingerprint density at radius 1 is 1.53 bits per heavy atom. The van der Waals surface area contributed by atoms with Gasteiger partial charge in [-0.1, -0.05) is 17.7 Å². The number of amides is 1. The molecular formula is C10H14ClN3O. The van der Waals surface area contributed by atoms with E-state index in [2.05, 4.69) is 5.32 Å². The number of halogens is 1. The molecule has 0 aliphatic heterocycles. The van der Waals surface area contributed by atoms with E-state index in [1.54, 1.807) is 12.1 Å². The van der Waals surface area contributed by atoms with E-state index in [1.165, 1.54) is 0 Å². The first-order valence-corrected chi connectivity index (χ1v) is 5.00. The number of benzene rings is 1. The van der Waals surface area contributed by atoms with Crippen molar-refractivity contribution in [3.8, 4) is 0 Å². The average Bonchev–Trinajstić information content (AvgIpc) is 2.16. The number of rotatable bonds is 5. The van der Waals surface area contributed by atoms with Crippen molar-refractivity contribution in [3.05, 3.63) is 29.3 Å². The predicted molar refractivity (Wildman–Crippen MR) is 61.7 cm³/mol. The molecule has 0 aliphatic carbocycles. The molecule has 0 aliphatic rings. The minimum Gasteiger partial charge on any atom is -0.380 e. The molecule has 0 saturated carbocycles. The Bertz CT molecular complexity index is 343. The molecule has 1 rings (SSSR count). The van der Waals surface area contributed by atoms with Crippen LogP contribution in [0, 0.1) is 0 Å². The van der Waals surface area contributed by atoms with Gasteiger partial charge in [0.05, 0.1) is 0 Å². The highest BCUT2D eigenvalue weighted by molar-refractivity contribution is 6.30. The molecule has 0 radical (unpaired) electrons. The molecule has 0 heterocycles. The van der Waals surface area contributed by atoms with Crippen LogP contribution in [0.2, 0.25) is 5.02 Å². The van der Waals surface area contributed by atoms with Gasteiger partial charge < -0.3 is 16.8 Å². The van der Waals surface area contributed by atoms with Gasteiger partial charge in [-0.3, -0.25) is 4.79 Å². The summed E-state index contributed by atoms with van der Waals surface area (Å²) >= 11 is 5.81. The van der Waals surface area contributed by atoms with E-state index in [9.17, 15) is 4.79 Å². The van der Waals surface area contributed by atoms with Gasteiger partial charge in [0.1, 0.15) is 0 Å². The molecule has 0 fully saturated rings. The first-order valence-electron chi connectivity index (χ1n) is 4.62. The fraction of sp³-hybridized carbons (Fsp3) is 0.300. The molecule has 5 N–H and O–H groups in total. The maximum Gasteiger partial charge on any atom is 0.219 e. The fourth-order valence-electron chi connectivity index (χ4n) is 1.25. The van der Waals surface area contributed by atoms with E-state index in [-0.39, 0.29) is 18.4 Å². The first kappa shape index (κ1) is 11.8. The van der Waals surface area contributed by atoms with Crippen molar-refractivity contribution >= 4 is 23.2 Å². The molecule has 1 aromatic rings. The smallest absolute Gasteiger partial charge is 0.219 e. The van der Waals surface area contributed by atoms with Crippen molar-refractivity contribution in [3.63, 3.8) is 0 Å². The fourth-order valence-corrected chi connectivity index (χ4v) is 1.44. The average molecular weight is 228 g/mol. The van der Waals surface area contributed by atoms with Crippen molar-refractivity contribution in [2.24, 2.45) is 11.5 Å². The Morgan fingerprint density at radius 2 is 2.27 bits per heavy atom. The van der Waals surface area contributed by atoms with Gasteiger partial charge in [0, 0.05) is 29.7 Å². The summed E-state index contributed by atoms with van der Waals surface area (Å²) in [5.41, 5.74) is 11.4. The zero-order chi connectivity index (χ0) is 11.3. The number of nitrogens with two attached hydrogens (primary N) is 2. The Labute approximate surface area is 93.6 Å². The molecule has 0 spiro atoms. The first-order chi connectivity index (χ1) is 7.11. The molecule has 0 saturated heterocycles. The van der Waals surface area contributed by atoms with Crippen LogP contribution in [-0.2, 0) is 4.79 Å². The normalized spacial score (nSPS) is 12.1. The van der Waals surface area contributed by atoms with E-state index in [4.69, 9.17) is 23.1 Å². The maximum absolute atomic E-state index is 10.7. The molecule has 15 heavy (non-hydrogen) atoms. The zero-order valence-corrected chi connectivity index (χ0v) is 9.00. The van der Waals surface area contributed by atoms with Crippen LogP contribution in [0.3, 0.4) is 0 Å². The maximum atomic E-state index is 10.7. The quantitative estimate of drug-likeness (QED) is 0.701. The lowest BCUT2D eigenvalue weighted by atomic mass is 10.2. The monoisotopic (exact) mass is 227 g/mol. The van der Waals surface area contributed by atoms with Crippen molar-refractivity contribution < 1.29 is 4.79 Å². The Hall–Kier alpha value is -1.26. The van der Waals surface area contributed by atoms with Gasteiger partial charge in [-0.2, -0.15) is 0 Å². The van der Waals surface area contributed by atoms with Crippen LogP contribution in [0.25, 0.3) is 0 Å². The minimum atomic E-state index is -0.375. The summed E-state index contributed by atoms with van der Waals surface area (Å²) in [7, 11) is 0. The van der Waals surface area contributed by atoms with Crippen molar-refractivity contribution in [1.82, 2.24) is 0 Å². The summed E-state index contributed by atoms with van der Waals surface area (Å²) in [5, 5.41) is 3.72. The lowest BCUT2D eigenvalue weighted by molar-refractivity contribution is -0.118. The third-order valence-corrected chi connectivity index (χ3v) is 2.16. The summed E-state index contributed by atoms with van der Waals surface area (Å²) in [5.74, 6) is -0.375. The Morgan fingerprint density at radius 3 is 2.80 bits per heavy atom. The summed E-state index contributed by atoms with van der Waals surface area (Å²) in [6.45, 7) is 0.343. The third-order valence-electron chi connectivity index (χ3n) is 1.93. The number of primary amides is 1. The second kappa shape index (κ2) is 5.58. The molecule has 4 nitrogen and oxygen atoms in total. The van der Waals surface area contributed by atoms with Gasteiger partial charge >= 0.3 is 0 Å². The molecule has 1 aromatic carbocycles. The van der Waals surface area contributed by atoms with Crippen molar-refractivity contribution in [2.75, 3.05) is 11.9 Å². The van der Waals surface area contributed by atoms with E-state index in [0.29, 0.717) is 11.6 Å².